The Hall–Kier alpha value is -1.80. The molecule has 150 valence electrons. The van der Waals surface area contributed by atoms with Crippen molar-refractivity contribution in [2.24, 2.45) is 5.92 Å². The number of piperazine rings is 1. The van der Waals surface area contributed by atoms with Gasteiger partial charge < -0.3 is 14.9 Å². The Balaban J connectivity index is 1.41. The van der Waals surface area contributed by atoms with Crippen LogP contribution in [0.1, 0.15) is 19.3 Å². The average Bonchev–Trinajstić information content (AvgIpc) is 2.66. The van der Waals surface area contributed by atoms with E-state index in [-0.39, 0.29) is 0 Å². The Bertz CT molecular complexity index is 735. The lowest BCUT2D eigenvalue weighted by atomic mass is 9.93. The van der Waals surface area contributed by atoms with E-state index < -0.39 is 15.9 Å². The molecule has 8 heteroatoms. The molecular weight excluding hydrogens is 366 g/mol. The SMILES string of the molecule is CS(=O)(=O)c1ccc(N2CCN(CCC3CCN(C(=O)O)CC3)CC2)cc1. The molecule has 0 aliphatic carbocycles. The minimum absolute atomic E-state index is 0.360. The number of hydrogen-bond acceptors (Lipinski definition) is 5. The van der Waals surface area contributed by atoms with E-state index in [4.69, 9.17) is 5.11 Å². The third-order valence-electron chi connectivity index (χ3n) is 5.74. The number of nitrogens with zero attached hydrogens (tertiary/aromatic N) is 3. The number of sulfone groups is 1. The zero-order chi connectivity index (χ0) is 19.4. The van der Waals surface area contributed by atoms with E-state index in [1.165, 1.54) is 11.2 Å². The van der Waals surface area contributed by atoms with Gasteiger partial charge in [-0.2, -0.15) is 0 Å². The number of carbonyl (C=O) groups is 1. The molecule has 0 radical (unpaired) electrons. The summed E-state index contributed by atoms with van der Waals surface area (Å²) in [4.78, 5) is 17.6. The van der Waals surface area contributed by atoms with E-state index in [9.17, 15) is 13.2 Å². The topological polar surface area (TPSA) is 81.2 Å². The van der Waals surface area contributed by atoms with Gasteiger partial charge in [0.25, 0.3) is 0 Å². The van der Waals surface area contributed by atoms with Gasteiger partial charge in [0.15, 0.2) is 9.84 Å². The summed E-state index contributed by atoms with van der Waals surface area (Å²) >= 11 is 0. The van der Waals surface area contributed by atoms with Gasteiger partial charge in [-0.05, 0) is 56.0 Å². The van der Waals surface area contributed by atoms with Gasteiger partial charge >= 0.3 is 6.09 Å². The number of amides is 1. The van der Waals surface area contributed by atoms with Gasteiger partial charge in [-0.3, -0.25) is 4.90 Å². The smallest absolute Gasteiger partial charge is 0.407 e. The predicted octanol–water partition coefficient (Wildman–Crippen LogP) is 1.99. The first-order chi connectivity index (χ1) is 12.8. The van der Waals surface area contributed by atoms with Crippen LogP contribution in [-0.4, -0.2) is 81.5 Å². The zero-order valence-corrected chi connectivity index (χ0v) is 16.7. The van der Waals surface area contributed by atoms with E-state index in [0.29, 0.717) is 23.9 Å². The molecule has 2 aliphatic rings. The van der Waals surface area contributed by atoms with Crippen molar-refractivity contribution < 1.29 is 18.3 Å². The molecule has 3 rings (SSSR count). The molecule has 0 spiro atoms. The van der Waals surface area contributed by atoms with Crippen LogP contribution in [0.15, 0.2) is 29.2 Å². The average molecular weight is 396 g/mol. The minimum atomic E-state index is -3.15. The predicted molar refractivity (Wildman–Crippen MR) is 105 cm³/mol. The molecule has 0 bridgehead atoms. The molecule has 1 N–H and O–H groups in total. The lowest BCUT2D eigenvalue weighted by Gasteiger charge is -2.37. The largest absolute Gasteiger partial charge is 0.465 e. The maximum absolute atomic E-state index is 11.6. The third-order valence-corrected chi connectivity index (χ3v) is 6.87. The summed E-state index contributed by atoms with van der Waals surface area (Å²) in [5.74, 6) is 0.627. The van der Waals surface area contributed by atoms with Crippen molar-refractivity contribution in [3.8, 4) is 0 Å². The Morgan fingerprint density at radius 3 is 2.15 bits per heavy atom. The molecule has 1 amide bonds. The molecule has 0 atom stereocenters. The Morgan fingerprint density at radius 1 is 1.04 bits per heavy atom. The second kappa shape index (κ2) is 8.48. The van der Waals surface area contributed by atoms with Crippen molar-refractivity contribution in [2.45, 2.75) is 24.2 Å². The molecule has 2 aliphatic heterocycles. The fourth-order valence-corrected chi connectivity index (χ4v) is 4.54. The maximum atomic E-state index is 11.6. The van der Waals surface area contributed by atoms with Crippen molar-refractivity contribution in [3.05, 3.63) is 24.3 Å². The normalized spacial score (nSPS) is 20.0. The van der Waals surface area contributed by atoms with Crippen LogP contribution < -0.4 is 4.90 Å². The van der Waals surface area contributed by atoms with Crippen LogP contribution in [0.25, 0.3) is 0 Å². The Morgan fingerprint density at radius 2 is 1.63 bits per heavy atom. The fourth-order valence-electron chi connectivity index (χ4n) is 3.91. The minimum Gasteiger partial charge on any atom is -0.465 e. The van der Waals surface area contributed by atoms with Gasteiger partial charge in [0.05, 0.1) is 4.90 Å². The number of benzene rings is 1. The number of rotatable bonds is 5. The molecule has 0 unspecified atom stereocenters. The highest BCUT2D eigenvalue weighted by Gasteiger charge is 2.23. The van der Waals surface area contributed by atoms with Gasteiger partial charge in [0.1, 0.15) is 0 Å². The Kier molecular flexibility index (Phi) is 6.26. The lowest BCUT2D eigenvalue weighted by Crippen LogP contribution is -2.47. The highest BCUT2D eigenvalue weighted by atomic mass is 32.2. The number of hydrogen-bond donors (Lipinski definition) is 1. The highest BCUT2D eigenvalue weighted by Crippen LogP contribution is 2.22. The van der Waals surface area contributed by atoms with Crippen LogP contribution in [0.2, 0.25) is 0 Å². The molecule has 1 aromatic rings. The van der Waals surface area contributed by atoms with E-state index in [2.05, 4.69) is 9.80 Å². The quantitative estimate of drug-likeness (QED) is 0.821. The molecule has 0 aromatic heterocycles. The van der Waals surface area contributed by atoms with Gasteiger partial charge in [0, 0.05) is 51.2 Å². The lowest BCUT2D eigenvalue weighted by molar-refractivity contribution is 0.119. The van der Waals surface area contributed by atoms with Crippen LogP contribution >= 0.6 is 0 Å². The standard InChI is InChI=1S/C19H29N3O4S/c1-27(25,26)18-4-2-17(3-5-18)21-14-12-20(13-15-21)9-6-16-7-10-22(11-8-16)19(23)24/h2-5,16H,6-15H2,1H3,(H,23,24). The van der Waals surface area contributed by atoms with Crippen LogP contribution in [0.5, 0.6) is 0 Å². The van der Waals surface area contributed by atoms with Crippen LogP contribution in [0.4, 0.5) is 10.5 Å². The molecule has 2 heterocycles. The van der Waals surface area contributed by atoms with E-state index in [0.717, 1.165) is 57.7 Å². The van der Waals surface area contributed by atoms with E-state index >= 15 is 0 Å². The summed E-state index contributed by atoms with van der Waals surface area (Å²) in [6, 6.07) is 7.14. The highest BCUT2D eigenvalue weighted by molar-refractivity contribution is 7.90. The third kappa shape index (κ3) is 5.35. The second-order valence-corrected chi connectivity index (χ2v) is 9.61. The summed E-state index contributed by atoms with van der Waals surface area (Å²) in [6.45, 7) is 6.28. The number of piperidine rings is 1. The van der Waals surface area contributed by atoms with Crippen LogP contribution in [0, 0.1) is 5.92 Å². The van der Waals surface area contributed by atoms with Crippen LogP contribution in [-0.2, 0) is 9.84 Å². The first-order valence-corrected chi connectivity index (χ1v) is 11.5. The van der Waals surface area contributed by atoms with Crippen molar-refractivity contribution in [1.82, 2.24) is 9.80 Å². The van der Waals surface area contributed by atoms with Crippen molar-refractivity contribution in [2.75, 3.05) is 57.0 Å². The first kappa shape index (κ1) is 19.9. The van der Waals surface area contributed by atoms with Crippen molar-refractivity contribution in [1.29, 1.82) is 0 Å². The monoisotopic (exact) mass is 395 g/mol. The van der Waals surface area contributed by atoms with Gasteiger partial charge in [-0.25, -0.2) is 13.2 Å². The molecule has 27 heavy (non-hydrogen) atoms. The Labute approximate surface area is 161 Å². The molecule has 2 fully saturated rings. The van der Waals surface area contributed by atoms with Crippen molar-refractivity contribution >= 4 is 21.6 Å². The summed E-state index contributed by atoms with van der Waals surface area (Å²) in [5.41, 5.74) is 1.07. The molecule has 7 nitrogen and oxygen atoms in total. The second-order valence-electron chi connectivity index (χ2n) is 7.60. The van der Waals surface area contributed by atoms with Crippen molar-refractivity contribution in [3.63, 3.8) is 0 Å². The van der Waals surface area contributed by atoms with E-state index in [1.54, 1.807) is 12.1 Å². The summed E-state index contributed by atoms with van der Waals surface area (Å²) in [6.07, 6.45) is 3.51. The number of likely N-dealkylation sites (tertiary alicyclic amines) is 1. The molecule has 2 saturated heterocycles. The van der Waals surface area contributed by atoms with Crippen LogP contribution in [0.3, 0.4) is 0 Å². The maximum Gasteiger partial charge on any atom is 0.407 e. The zero-order valence-electron chi connectivity index (χ0n) is 15.9. The number of anilines is 1. The molecule has 0 saturated carbocycles. The van der Waals surface area contributed by atoms with Gasteiger partial charge in [0.2, 0.25) is 0 Å². The summed E-state index contributed by atoms with van der Waals surface area (Å²) in [5, 5.41) is 9.02. The van der Waals surface area contributed by atoms with E-state index in [1.807, 2.05) is 12.1 Å². The fraction of sp³-hybridized carbons (Fsp3) is 0.632. The van der Waals surface area contributed by atoms with Gasteiger partial charge in [-0.15, -0.1) is 0 Å². The number of carboxylic acid groups (broad SMARTS) is 1. The summed E-state index contributed by atoms with van der Waals surface area (Å²) in [7, 11) is -3.15. The molecule has 1 aromatic carbocycles. The first-order valence-electron chi connectivity index (χ1n) is 9.58. The molecular formula is C19H29N3O4S. The summed E-state index contributed by atoms with van der Waals surface area (Å²) < 4.78 is 23.1. The van der Waals surface area contributed by atoms with Gasteiger partial charge in [-0.1, -0.05) is 0 Å².